The topological polar surface area (TPSA) is 12.0 Å². The van der Waals surface area contributed by atoms with Crippen LogP contribution in [0.2, 0.25) is 0 Å². The van der Waals surface area contributed by atoms with Crippen molar-refractivity contribution in [2.45, 2.75) is 45.7 Å². The Kier molecular flexibility index (Phi) is 3.65. The van der Waals surface area contributed by atoms with Crippen LogP contribution in [0.1, 0.15) is 32.8 Å². The van der Waals surface area contributed by atoms with Crippen LogP contribution in [0.25, 0.3) is 0 Å². The molecule has 1 saturated carbocycles. The maximum atomic E-state index is 3.72. The van der Waals surface area contributed by atoms with E-state index in [2.05, 4.69) is 56.4 Å². The van der Waals surface area contributed by atoms with Gasteiger partial charge in [-0.25, -0.2) is 0 Å². The second-order valence-corrected chi connectivity index (χ2v) is 5.49. The predicted molar refractivity (Wildman–Crippen MR) is 69.5 cm³/mol. The van der Waals surface area contributed by atoms with Crippen molar-refractivity contribution in [3.8, 4) is 0 Å². The number of rotatable bonds is 5. The fourth-order valence-corrected chi connectivity index (χ4v) is 2.12. The largest absolute Gasteiger partial charge is 0.311 e. The molecule has 0 radical (unpaired) electrons. The van der Waals surface area contributed by atoms with E-state index >= 15 is 0 Å². The molecular formula is C15H23N. The molecule has 0 spiro atoms. The highest BCUT2D eigenvalue weighted by Gasteiger charge is 2.37. The Bertz CT molecular complexity index is 317. The van der Waals surface area contributed by atoms with Crippen molar-refractivity contribution in [1.29, 1.82) is 0 Å². The summed E-state index contributed by atoms with van der Waals surface area (Å²) in [5.41, 5.74) is 1.48. The summed E-state index contributed by atoms with van der Waals surface area (Å²) in [6.45, 7) is 6.86. The maximum absolute atomic E-state index is 3.72. The molecule has 0 amide bonds. The van der Waals surface area contributed by atoms with Crippen molar-refractivity contribution in [3.05, 3.63) is 35.9 Å². The van der Waals surface area contributed by atoms with Crippen LogP contribution in [-0.2, 0) is 6.42 Å². The zero-order valence-corrected chi connectivity index (χ0v) is 10.6. The molecule has 1 aromatic rings. The third-order valence-electron chi connectivity index (χ3n) is 3.74. The van der Waals surface area contributed by atoms with Gasteiger partial charge in [0.15, 0.2) is 0 Å². The van der Waals surface area contributed by atoms with Gasteiger partial charge in [0.05, 0.1) is 0 Å². The third-order valence-corrected chi connectivity index (χ3v) is 3.74. The molecule has 0 aromatic heterocycles. The molecule has 1 nitrogen and oxygen atoms in total. The summed E-state index contributed by atoms with van der Waals surface area (Å²) < 4.78 is 0. The molecule has 1 heteroatoms. The minimum atomic E-state index is 0.644. The average Bonchev–Trinajstić information content (AvgIpc) is 2.97. The summed E-state index contributed by atoms with van der Waals surface area (Å²) in [6, 6.07) is 12.2. The number of hydrogen-bond donors (Lipinski definition) is 1. The molecule has 0 aliphatic heterocycles. The van der Waals surface area contributed by atoms with Gasteiger partial charge < -0.3 is 5.32 Å². The van der Waals surface area contributed by atoms with Gasteiger partial charge in [-0.2, -0.15) is 0 Å². The molecule has 88 valence electrons. The van der Waals surface area contributed by atoms with E-state index < -0.39 is 0 Å². The Morgan fingerprint density at radius 2 is 1.88 bits per heavy atom. The van der Waals surface area contributed by atoms with Gasteiger partial charge >= 0.3 is 0 Å². The molecule has 3 atom stereocenters. The van der Waals surface area contributed by atoms with Crippen LogP contribution in [0.4, 0.5) is 0 Å². The van der Waals surface area contributed by atoms with E-state index in [9.17, 15) is 0 Å². The maximum Gasteiger partial charge on any atom is 0.0105 e. The molecule has 0 heterocycles. The summed E-state index contributed by atoms with van der Waals surface area (Å²) in [5.74, 6) is 1.60. The van der Waals surface area contributed by atoms with Crippen LogP contribution in [0.5, 0.6) is 0 Å². The average molecular weight is 217 g/mol. The highest BCUT2D eigenvalue weighted by atomic mass is 15.0. The molecule has 1 aliphatic carbocycles. The monoisotopic (exact) mass is 217 g/mol. The Morgan fingerprint density at radius 3 is 2.50 bits per heavy atom. The van der Waals surface area contributed by atoms with Gasteiger partial charge in [-0.15, -0.1) is 0 Å². The van der Waals surface area contributed by atoms with Gasteiger partial charge in [0.25, 0.3) is 0 Å². The fourth-order valence-electron chi connectivity index (χ4n) is 2.12. The van der Waals surface area contributed by atoms with E-state index in [1.807, 2.05) is 0 Å². The molecule has 3 unspecified atom stereocenters. The van der Waals surface area contributed by atoms with Crippen LogP contribution in [0.15, 0.2) is 30.3 Å². The smallest absolute Gasteiger partial charge is 0.0105 e. The lowest BCUT2D eigenvalue weighted by Crippen LogP contribution is -2.33. The van der Waals surface area contributed by atoms with Crippen LogP contribution in [-0.4, -0.2) is 12.1 Å². The predicted octanol–water partition coefficient (Wildman–Crippen LogP) is 3.25. The van der Waals surface area contributed by atoms with Crippen LogP contribution >= 0.6 is 0 Å². The molecule has 1 N–H and O–H groups in total. The van der Waals surface area contributed by atoms with E-state index in [-0.39, 0.29) is 0 Å². The standard InChI is InChI=1S/C15H23N/c1-11(2)12(3)16-15-10-14(15)9-13-7-5-4-6-8-13/h4-8,11-12,14-16H,9-10H2,1-3H3. The zero-order chi connectivity index (χ0) is 11.5. The van der Waals surface area contributed by atoms with Gasteiger partial charge in [0.2, 0.25) is 0 Å². The summed E-state index contributed by atoms with van der Waals surface area (Å²) in [4.78, 5) is 0. The summed E-state index contributed by atoms with van der Waals surface area (Å²) in [6.07, 6.45) is 2.59. The second kappa shape index (κ2) is 5.01. The van der Waals surface area contributed by atoms with Crippen LogP contribution in [0.3, 0.4) is 0 Å². The van der Waals surface area contributed by atoms with Gasteiger partial charge in [-0.1, -0.05) is 44.2 Å². The second-order valence-electron chi connectivity index (χ2n) is 5.49. The van der Waals surface area contributed by atoms with Gasteiger partial charge in [0.1, 0.15) is 0 Å². The highest BCUT2D eigenvalue weighted by molar-refractivity contribution is 5.17. The molecule has 16 heavy (non-hydrogen) atoms. The molecule has 2 rings (SSSR count). The highest BCUT2D eigenvalue weighted by Crippen LogP contribution is 2.34. The summed E-state index contributed by atoms with van der Waals surface area (Å²) in [7, 11) is 0. The SMILES string of the molecule is CC(C)C(C)NC1CC1Cc1ccccc1. The molecule has 0 saturated heterocycles. The quantitative estimate of drug-likeness (QED) is 0.798. The first-order valence-corrected chi connectivity index (χ1v) is 6.47. The Labute approximate surface area is 99.3 Å². The Balaban J connectivity index is 1.76. The molecule has 1 fully saturated rings. The number of hydrogen-bond acceptors (Lipinski definition) is 1. The van der Waals surface area contributed by atoms with Crippen LogP contribution < -0.4 is 5.32 Å². The number of nitrogens with one attached hydrogen (secondary N) is 1. The van der Waals surface area contributed by atoms with E-state index in [0.717, 1.165) is 17.9 Å². The minimum absolute atomic E-state index is 0.644. The molecule has 1 aromatic carbocycles. The molecular weight excluding hydrogens is 194 g/mol. The Morgan fingerprint density at radius 1 is 1.19 bits per heavy atom. The molecule has 0 bridgehead atoms. The number of benzene rings is 1. The first kappa shape index (κ1) is 11.7. The lowest BCUT2D eigenvalue weighted by Gasteiger charge is -2.17. The fraction of sp³-hybridized carbons (Fsp3) is 0.600. The summed E-state index contributed by atoms with van der Waals surface area (Å²) in [5, 5.41) is 3.72. The van der Waals surface area contributed by atoms with Crippen molar-refractivity contribution in [2.75, 3.05) is 0 Å². The van der Waals surface area contributed by atoms with E-state index in [1.165, 1.54) is 18.4 Å². The minimum Gasteiger partial charge on any atom is -0.311 e. The van der Waals surface area contributed by atoms with E-state index in [4.69, 9.17) is 0 Å². The van der Waals surface area contributed by atoms with E-state index in [0.29, 0.717) is 6.04 Å². The van der Waals surface area contributed by atoms with Crippen LogP contribution in [0, 0.1) is 11.8 Å². The van der Waals surface area contributed by atoms with Gasteiger partial charge in [-0.3, -0.25) is 0 Å². The zero-order valence-electron chi connectivity index (χ0n) is 10.6. The van der Waals surface area contributed by atoms with Gasteiger partial charge in [0, 0.05) is 12.1 Å². The van der Waals surface area contributed by atoms with Crippen molar-refractivity contribution < 1.29 is 0 Å². The molecule has 1 aliphatic rings. The lowest BCUT2D eigenvalue weighted by atomic mass is 10.1. The van der Waals surface area contributed by atoms with E-state index in [1.54, 1.807) is 0 Å². The van der Waals surface area contributed by atoms with Crippen molar-refractivity contribution in [3.63, 3.8) is 0 Å². The first-order valence-electron chi connectivity index (χ1n) is 6.47. The van der Waals surface area contributed by atoms with Gasteiger partial charge in [-0.05, 0) is 37.2 Å². The third kappa shape index (κ3) is 3.08. The lowest BCUT2D eigenvalue weighted by molar-refractivity contribution is 0.415. The van der Waals surface area contributed by atoms with Crippen molar-refractivity contribution in [1.82, 2.24) is 5.32 Å². The first-order chi connectivity index (χ1) is 7.66. The normalized spacial score (nSPS) is 25.8. The summed E-state index contributed by atoms with van der Waals surface area (Å²) >= 11 is 0. The van der Waals surface area contributed by atoms with Crippen molar-refractivity contribution in [2.24, 2.45) is 11.8 Å². The Hall–Kier alpha value is -0.820. The van der Waals surface area contributed by atoms with Crippen molar-refractivity contribution >= 4 is 0 Å².